The molecule has 1 aromatic carbocycles. The van der Waals surface area contributed by atoms with Crippen LogP contribution in [0.4, 0.5) is 27.6 Å². The molecule has 4 nitrogen and oxygen atoms in total. The van der Waals surface area contributed by atoms with Gasteiger partial charge >= 0.3 is 18.0 Å². The highest BCUT2D eigenvalue weighted by molar-refractivity contribution is 5.96. The Morgan fingerprint density at radius 2 is 1.57 bits per heavy atom. The number of hydrogen-bond donors (Lipinski definition) is 2. The maximum absolute atomic E-state index is 12.7. The lowest BCUT2D eigenvalue weighted by Crippen LogP contribution is -2.47. The normalized spacial score (nSPS) is 11.9. The summed E-state index contributed by atoms with van der Waals surface area (Å²) in [5.41, 5.74) is 0.277. The Morgan fingerprint density at radius 1 is 1.05 bits per heavy atom. The Bertz CT molecular complexity index is 525. The van der Waals surface area contributed by atoms with Crippen LogP contribution in [0.5, 0.6) is 0 Å². The van der Waals surface area contributed by atoms with Crippen molar-refractivity contribution in [2.24, 2.45) is 0 Å². The SMILES string of the molecule is CNC(=O)Cc1ccc(NC(=O)C(F)(F)C(F)(F)F)cc1. The molecule has 0 aliphatic heterocycles. The van der Waals surface area contributed by atoms with E-state index in [4.69, 9.17) is 0 Å². The lowest BCUT2D eigenvalue weighted by Gasteiger charge is -2.18. The molecule has 0 bridgehead atoms. The van der Waals surface area contributed by atoms with Crippen molar-refractivity contribution in [1.82, 2.24) is 5.32 Å². The average molecular weight is 310 g/mol. The van der Waals surface area contributed by atoms with E-state index in [1.165, 1.54) is 24.5 Å². The van der Waals surface area contributed by atoms with Crippen molar-refractivity contribution in [2.75, 3.05) is 12.4 Å². The number of anilines is 1. The third kappa shape index (κ3) is 4.14. The van der Waals surface area contributed by atoms with Crippen molar-refractivity contribution < 1.29 is 31.5 Å². The maximum atomic E-state index is 12.7. The number of carbonyl (C=O) groups is 2. The Morgan fingerprint density at radius 3 is 2.00 bits per heavy atom. The first kappa shape index (κ1) is 16.9. The molecule has 0 aliphatic rings. The molecule has 0 saturated carbocycles. The summed E-state index contributed by atoms with van der Waals surface area (Å²) < 4.78 is 61.4. The minimum Gasteiger partial charge on any atom is -0.359 e. The van der Waals surface area contributed by atoms with Gasteiger partial charge in [0.1, 0.15) is 0 Å². The second kappa shape index (κ2) is 6.06. The molecule has 0 spiro atoms. The minimum absolute atomic E-state index is 0.0173. The van der Waals surface area contributed by atoms with Crippen LogP contribution in [0.25, 0.3) is 0 Å². The predicted molar refractivity (Wildman–Crippen MR) is 63.8 cm³/mol. The molecule has 2 amide bonds. The molecule has 9 heteroatoms. The van der Waals surface area contributed by atoms with Gasteiger partial charge in [0.25, 0.3) is 0 Å². The Balaban J connectivity index is 2.76. The van der Waals surface area contributed by atoms with Gasteiger partial charge in [-0.1, -0.05) is 12.1 Å². The molecule has 0 radical (unpaired) electrons. The summed E-state index contributed by atoms with van der Waals surface area (Å²) in [6, 6.07) is 4.92. The first-order valence-corrected chi connectivity index (χ1v) is 5.63. The minimum atomic E-state index is -5.96. The van der Waals surface area contributed by atoms with E-state index in [-0.39, 0.29) is 18.0 Å². The van der Waals surface area contributed by atoms with Crippen LogP contribution in [0.15, 0.2) is 24.3 Å². The van der Waals surface area contributed by atoms with Crippen LogP contribution in [-0.2, 0) is 16.0 Å². The smallest absolute Gasteiger partial charge is 0.359 e. The van der Waals surface area contributed by atoms with Gasteiger partial charge in [-0.3, -0.25) is 9.59 Å². The van der Waals surface area contributed by atoms with E-state index >= 15 is 0 Å². The lowest BCUT2D eigenvalue weighted by atomic mass is 10.1. The summed E-state index contributed by atoms with van der Waals surface area (Å²) in [7, 11) is 1.43. The zero-order valence-corrected chi connectivity index (χ0v) is 10.7. The Hall–Kier alpha value is -2.19. The molecule has 0 saturated heterocycles. The van der Waals surface area contributed by atoms with E-state index in [0.29, 0.717) is 5.56 Å². The average Bonchev–Trinajstić information content (AvgIpc) is 2.39. The number of hydrogen-bond acceptors (Lipinski definition) is 2. The Kier molecular flexibility index (Phi) is 4.87. The van der Waals surface area contributed by atoms with Gasteiger partial charge in [-0.25, -0.2) is 0 Å². The number of likely N-dealkylation sites (N-methyl/N-ethyl adjacent to an activating group) is 1. The number of carbonyl (C=O) groups excluding carboxylic acids is 2. The molecular weight excluding hydrogens is 299 g/mol. The standard InChI is InChI=1S/C12H11F5N2O2/c1-18-9(20)6-7-2-4-8(5-3-7)19-10(21)11(13,14)12(15,16)17/h2-5H,6H2,1H3,(H,18,20)(H,19,21). The van der Waals surface area contributed by atoms with Crippen LogP contribution < -0.4 is 10.6 Å². The molecule has 0 atom stereocenters. The zero-order valence-electron chi connectivity index (χ0n) is 10.7. The van der Waals surface area contributed by atoms with Crippen LogP contribution in [0.1, 0.15) is 5.56 Å². The van der Waals surface area contributed by atoms with Crippen molar-refractivity contribution in [3.8, 4) is 0 Å². The molecule has 0 fully saturated rings. The van der Waals surface area contributed by atoms with Gasteiger partial charge in [0.15, 0.2) is 0 Å². The highest BCUT2D eigenvalue weighted by Crippen LogP contribution is 2.36. The van der Waals surface area contributed by atoms with Gasteiger partial charge in [-0.2, -0.15) is 22.0 Å². The van der Waals surface area contributed by atoms with Crippen LogP contribution in [0.2, 0.25) is 0 Å². The van der Waals surface area contributed by atoms with Gasteiger partial charge in [-0.05, 0) is 17.7 Å². The number of amides is 2. The van der Waals surface area contributed by atoms with Crippen molar-refractivity contribution in [3.05, 3.63) is 29.8 Å². The number of nitrogens with one attached hydrogen (secondary N) is 2. The Labute approximate surface area is 116 Å². The summed E-state index contributed by atoms with van der Waals surface area (Å²) in [4.78, 5) is 22.0. The van der Waals surface area contributed by atoms with Crippen LogP contribution in [0.3, 0.4) is 0 Å². The molecule has 0 heterocycles. The van der Waals surface area contributed by atoms with E-state index in [2.05, 4.69) is 5.32 Å². The highest BCUT2D eigenvalue weighted by atomic mass is 19.4. The third-order valence-corrected chi connectivity index (χ3v) is 2.50. The zero-order chi connectivity index (χ0) is 16.3. The van der Waals surface area contributed by atoms with Crippen molar-refractivity contribution in [1.29, 1.82) is 0 Å². The van der Waals surface area contributed by atoms with Crippen molar-refractivity contribution in [3.63, 3.8) is 0 Å². The highest BCUT2D eigenvalue weighted by Gasteiger charge is 2.63. The topological polar surface area (TPSA) is 58.2 Å². The lowest BCUT2D eigenvalue weighted by molar-refractivity contribution is -0.267. The summed E-state index contributed by atoms with van der Waals surface area (Å²) >= 11 is 0. The first-order chi connectivity index (χ1) is 9.57. The summed E-state index contributed by atoms with van der Waals surface area (Å²) in [5.74, 6) is -8.24. The quantitative estimate of drug-likeness (QED) is 0.837. The van der Waals surface area contributed by atoms with Gasteiger partial charge in [-0.15, -0.1) is 0 Å². The number of benzene rings is 1. The van der Waals surface area contributed by atoms with Gasteiger partial charge in [0.2, 0.25) is 5.91 Å². The van der Waals surface area contributed by atoms with Crippen LogP contribution in [0, 0.1) is 0 Å². The van der Waals surface area contributed by atoms with Crippen molar-refractivity contribution >= 4 is 17.5 Å². The van der Waals surface area contributed by atoms with E-state index in [0.717, 1.165) is 12.1 Å². The monoisotopic (exact) mass is 310 g/mol. The summed E-state index contributed by atoms with van der Waals surface area (Å²) in [6.07, 6.45) is -5.94. The van der Waals surface area contributed by atoms with Crippen LogP contribution in [-0.4, -0.2) is 31.0 Å². The number of alkyl halides is 5. The van der Waals surface area contributed by atoms with Gasteiger partial charge in [0, 0.05) is 12.7 Å². The molecule has 0 aromatic heterocycles. The fourth-order valence-corrected chi connectivity index (χ4v) is 1.32. The van der Waals surface area contributed by atoms with E-state index in [1.807, 2.05) is 0 Å². The van der Waals surface area contributed by atoms with Crippen LogP contribution >= 0.6 is 0 Å². The van der Waals surface area contributed by atoms with Gasteiger partial charge in [0.05, 0.1) is 6.42 Å². The molecule has 116 valence electrons. The fourth-order valence-electron chi connectivity index (χ4n) is 1.32. The summed E-state index contributed by atoms with van der Waals surface area (Å²) in [5, 5.41) is 3.84. The largest absolute Gasteiger partial charge is 0.463 e. The first-order valence-electron chi connectivity index (χ1n) is 5.63. The fraction of sp³-hybridized carbons (Fsp3) is 0.333. The second-order valence-electron chi connectivity index (χ2n) is 4.07. The molecular formula is C12H11F5N2O2. The molecule has 2 N–H and O–H groups in total. The van der Waals surface area contributed by atoms with E-state index in [1.54, 1.807) is 0 Å². The molecule has 1 rings (SSSR count). The van der Waals surface area contributed by atoms with E-state index < -0.39 is 18.0 Å². The summed E-state index contributed by atoms with van der Waals surface area (Å²) in [6.45, 7) is 0. The molecule has 0 unspecified atom stereocenters. The van der Waals surface area contributed by atoms with Gasteiger partial charge < -0.3 is 10.6 Å². The molecule has 0 aliphatic carbocycles. The molecule has 21 heavy (non-hydrogen) atoms. The third-order valence-electron chi connectivity index (χ3n) is 2.50. The van der Waals surface area contributed by atoms with E-state index in [9.17, 15) is 31.5 Å². The second-order valence-corrected chi connectivity index (χ2v) is 4.07. The number of halogens is 5. The number of rotatable bonds is 4. The van der Waals surface area contributed by atoms with Crippen molar-refractivity contribution in [2.45, 2.75) is 18.5 Å². The molecule has 1 aromatic rings. The maximum Gasteiger partial charge on any atom is 0.463 e. The predicted octanol–water partition coefficient (Wildman–Crippen LogP) is 2.11.